The molecule has 0 atom stereocenters. The zero-order chi connectivity index (χ0) is 49.0. The molecule has 2 heterocycles. The Morgan fingerprint density at radius 2 is 0.910 bits per heavy atom. The molecule has 6 aromatic carbocycles. The minimum absolute atomic E-state index is 0.0348. The van der Waals surface area contributed by atoms with Gasteiger partial charge >= 0.3 is 30.0 Å². The van der Waals surface area contributed by atoms with Crippen LogP contribution in [0.2, 0.25) is 5.02 Å². The normalized spacial score (nSPS) is 13.8. The molecular weight excluding hydrogens is 981 g/mol. The molecule has 9 heteroatoms. The summed E-state index contributed by atoms with van der Waals surface area (Å²) in [6, 6.07) is 36.8. The van der Waals surface area contributed by atoms with Crippen LogP contribution >= 0.6 is 25.2 Å². The standard InChI is InChI=1S/C29H27F2N.C24H16ClF2N.C5H11.BrH.Zn/c1-17-9-11-24-21(13-17)22-14-18(2)15-23(27(22)29(24,30)31)26-12-10-20-19(16-28(3,4)5)7-6-8-25(20)32-26;1-13-6-8-19-16(10-13)17-11-14(2)12-18(23(17)24(19,26)27)22-9-7-15-20(25)4-3-5-21(15)28-22;1-5(2,3)4;;/h6-15H,16H2,1-5H3;3-12H,1-2H3;1H2,2-4H3;1H;/q;;-1;;+2/p-1. The Hall–Kier alpha value is -4.75. The number of aromatic nitrogens is 2. The summed E-state index contributed by atoms with van der Waals surface area (Å²) in [6.07, 6.45) is 0.929. The molecule has 0 amide bonds. The molecule has 340 valence electrons. The first-order chi connectivity index (χ1) is 31.4. The number of pyridine rings is 2. The van der Waals surface area contributed by atoms with E-state index in [9.17, 15) is 0 Å². The van der Waals surface area contributed by atoms with Crippen molar-refractivity contribution in [3.63, 3.8) is 0 Å². The summed E-state index contributed by atoms with van der Waals surface area (Å²) in [6.45, 7) is 24.4. The van der Waals surface area contributed by atoms with Crippen molar-refractivity contribution in [2.45, 2.75) is 87.5 Å². The Labute approximate surface area is 414 Å². The molecule has 0 bridgehead atoms. The van der Waals surface area contributed by atoms with Crippen molar-refractivity contribution >= 4 is 47.0 Å². The molecule has 67 heavy (non-hydrogen) atoms. The number of alkyl halides is 4. The molecule has 2 aromatic heterocycles. The van der Waals surface area contributed by atoms with Gasteiger partial charge in [0.05, 0.1) is 22.4 Å². The second-order valence-electron chi connectivity index (χ2n) is 20.2. The van der Waals surface area contributed by atoms with Gasteiger partial charge in [0.2, 0.25) is 0 Å². The predicted molar refractivity (Wildman–Crippen MR) is 272 cm³/mol. The van der Waals surface area contributed by atoms with Gasteiger partial charge in [-0.3, -0.25) is 0 Å². The van der Waals surface area contributed by atoms with Gasteiger partial charge in [0.15, 0.2) is 0 Å². The van der Waals surface area contributed by atoms with Crippen molar-refractivity contribution in [1.29, 1.82) is 0 Å². The Morgan fingerprint density at radius 3 is 1.36 bits per heavy atom. The van der Waals surface area contributed by atoms with E-state index in [2.05, 4.69) is 73.1 Å². The maximum atomic E-state index is 15.7. The van der Waals surface area contributed by atoms with E-state index in [0.717, 1.165) is 45.0 Å². The monoisotopic (exact) mass is 1030 g/mol. The first-order valence-electron chi connectivity index (χ1n) is 22.3. The molecule has 0 N–H and O–H groups in total. The molecule has 0 radical (unpaired) electrons. The third kappa shape index (κ3) is 10.3. The van der Waals surface area contributed by atoms with Crippen LogP contribution in [-0.4, -0.2) is 9.97 Å². The van der Waals surface area contributed by atoms with Gasteiger partial charge in [-0.25, -0.2) is 9.97 Å². The van der Waals surface area contributed by atoms with Crippen molar-refractivity contribution in [2.75, 3.05) is 0 Å². The fraction of sp³-hybridized carbons (Fsp3) is 0.259. The van der Waals surface area contributed by atoms with E-state index >= 15 is 17.6 Å². The van der Waals surface area contributed by atoms with Crippen LogP contribution in [-0.2, 0) is 34.6 Å². The summed E-state index contributed by atoms with van der Waals surface area (Å²) >= 11 is 10.5. The summed E-state index contributed by atoms with van der Waals surface area (Å²) in [5, 5.41) is 2.49. The Morgan fingerprint density at radius 1 is 0.522 bits per heavy atom. The topological polar surface area (TPSA) is 25.8 Å². The van der Waals surface area contributed by atoms with Crippen LogP contribution < -0.4 is 0 Å². The van der Waals surface area contributed by atoms with Crippen molar-refractivity contribution in [3.05, 3.63) is 183 Å². The van der Waals surface area contributed by atoms with Crippen molar-refractivity contribution < 1.29 is 33.9 Å². The van der Waals surface area contributed by atoms with Gasteiger partial charge in [0.25, 0.3) is 11.8 Å². The molecule has 8 aromatic rings. The van der Waals surface area contributed by atoms with E-state index in [1.165, 1.54) is 28.0 Å². The molecule has 10 rings (SSSR count). The summed E-state index contributed by atoms with van der Waals surface area (Å²) in [4.78, 5) is 9.52. The van der Waals surface area contributed by atoms with E-state index < -0.39 is 11.8 Å². The van der Waals surface area contributed by atoms with E-state index in [4.69, 9.17) is 16.6 Å². The quantitative estimate of drug-likeness (QED) is 0.100. The summed E-state index contributed by atoms with van der Waals surface area (Å²) in [7, 11) is 0. The zero-order valence-corrected chi connectivity index (χ0v) is 45.1. The average Bonchev–Trinajstić information content (AvgIpc) is 3.60. The summed E-state index contributed by atoms with van der Waals surface area (Å²) in [5.41, 5.74) is 11.8. The molecule has 0 unspecified atom stereocenters. The molecule has 0 aliphatic heterocycles. The van der Waals surface area contributed by atoms with Gasteiger partial charge < -0.3 is 6.92 Å². The van der Waals surface area contributed by atoms with Crippen LogP contribution in [0.1, 0.15) is 91.6 Å². The second-order valence-corrected chi connectivity index (χ2v) is 20.6. The van der Waals surface area contributed by atoms with Crippen LogP contribution in [0, 0.1) is 45.4 Å². The zero-order valence-electron chi connectivity index (χ0n) is 39.8. The van der Waals surface area contributed by atoms with Crippen molar-refractivity contribution in [1.82, 2.24) is 9.97 Å². The number of hydrogen-bond acceptors (Lipinski definition) is 2. The molecule has 0 saturated carbocycles. The van der Waals surface area contributed by atoms with E-state index in [1.54, 1.807) is 36.4 Å². The van der Waals surface area contributed by atoms with Gasteiger partial charge in [-0.05, 0) is 127 Å². The number of rotatable bonds is 3. The Kier molecular flexibility index (Phi) is 14.2. The second kappa shape index (κ2) is 19.0. The Bertz CT molecular complexity index is 3180. The van der Waals surface area contributed by atoms with Gasteiger partial charge in [0, 0.05) is 49.2 Å². The number of fused-ring (bicyclic) bond motifs is 8. The van der Waals surface area contributed by atoms with Gasteiger partial charge in [0.1, 0.15) is 0 Å². The number of hydrogen-bond donors (Lipinski definition) is 0. The SMILES string of the molecule is Cc1ccc2c(c1)-c1cc(C)cc(-c3ccc4c(CC(C)(C)C)cccc4n3)c1C2(F)F.Cc1ccc2c(c1)-c1cc(C)cc(-c3ccc4c(Cl)cccc4n3)c1C2(F)F.[CH2-]C(C)(C)C.[Zn+][Br]. The van der Waals surface area contributed by atoms with Crippen LogP contribution in [0.3, 0.4) is 0 Å². The first-order valence-corrected chi connectivity index (χ1v) is 29.6. The average molecular weight is 1040 g/mol. The number of halogens is 6. The first kappa shape index (κ1) is 50.1. The summed E-state index contributed by atoms with van der Waals surface area (Å²) < 4.78 is 62.3. The third-order valence-corrected chi connectivity index (χ3v) is 11.9. The van der Waals surface area contributed by atoms with Gasteiger partial charge in [-0.15, -0.1) is 0 Å². The van der Waals surface area contributed by atoms with E-state index in [-0.39, 0.29) is 33.1 Å². The molecule has 2 aliphatic carbocycles. The van der Waals surface area contributed by atoms with E-state index in [1.807, 2.05) is 100 Å². The minimum atomic E-state index is -3.06. The third-order valence-electron chi connectivity index (χ3n) is 11.6. The molecular formula is C58H54BrClF4N2Zn. The molecule has 2 aliphatic rings. The van der Waals surface area contributed by atoms with Crippen LogP contribution in [0.25, 0.3) is 66.6 Å². The number of benzene rings is 6. The van der Waals surface area contributed by atoms with Crippen molar-refractivity contribution in [3.8, 4) is 44.8 Å². The maximum absolute atomic E-state index is 15.7. The molecule has 0 saturated heterocycles. The van der Waals surface area contributed by atoms with E-state index in [0.29, 0.717) is 55.3 Å². The van der Waals surface area contributed by atoms with Crippen molar-refractivity contribution in [2.24, 2.45) is 10.8 Å². The molecule has 0 spiro atoms. The fourth-order valence-corrected chi connectivity index (χ4v) is 9.25. The number of nitrogens with zero attached hydrogens (tertiary/aromatic N) is 2. The van der Waals surface area contributed by atoms with Gasteiger partial charge in [-0.2, -0.15) is 23.0 Å². The van der Waals surface area contributed by atoms with Crippen LogP contribution in [0.4, 0.5) is 17.6 Å². The molecule has 2 nitrogen and oxygen atoms in total. The predicted octanol–water partition coefficient (Wildman–Crippen LogP) is 18.2. The fourth-order valence-electron chi connectivity index (χ4n) is 9.02. The Balaban J connectivity index is 0.000000176. The summed E-state index contributed by atoms with van der Waals surface area (Å²) in [5.74, 6) is -6.11. The van der Waals surface area contributed by atoms with Crippen LogP contribution in [0.15, 0.2) is 121 Å². The van der Waals surface area contributed by atoms with Gasteiger partial charge in [-0.1, -0.05) is 137 Å². The number of aryl methyl sites for hydroxylation is 4. The molecule has 0 fully saturated rings. The van der Waals surface area contributed by atoms with Crippen LogP contribution in [0.5, 0.6) is 0 Å².